The number of anilines is 1. The summed E-state index contributed by atoms with van der Waals surface area (Å²) in [6.45, 7) is 6.17. The maximum atomic E-state index is 11.5. The fourth-order valence-corrected chi connectivity index (χ4v) is 3.74. The third-order valence-corrected chi connectivity index (χ3v) is 4.81. The molecule has 1 atom stereocenters. The van der Waals surface area contributed by atoms with Crippen molar-refractivity contribution in [2.24, 2.45) is 0 Å². The van der Waals surface area contributed by atoms with Gasteiger partial charge in [-0.1, -0.05) is 11.6 Å². The fourth-order valence-electron chi connectivity index (χ4n) is 3.43. The molecule has 0 bridgehead atoms. The summed E-state index contributed by atoms with van der Waals surface area (Å²) < 4.78 is 0. The van der Waals surface area contributed by atoms with Gasteiger partial charge in [0.2, 0.25) is 0 Å². The lowest BCUT2D eigenvalue weighted by Crippen LogP contribution is -2.36. The van der Waals surface area contributed by atoms with E-state index in [1.165, 1.54) is 32.4 Å². The zero-order valence-corrected chi connectivity index (χ0v) is 12.7. The number of carbonyl (C=O) groups is 1. The summed E-state index contributed by atoms with van der Waals surface area (Å²) in [5.41, 5.74) is 1.77. The first-order valence-corrected chi connectivity index (χ1v) is 7.82. The van der Waals surface area contributed by atoms with Gasteiger partial charge in [-0.15, -0.1) is 0 Å². The molecule has 3 rings (SSSR count). The lowest BCUT2D eigenvalue weighted by atomic mass is 10.1. The van der Waals surface area contributed by atoms with Crippen LogP contribution in [0.15, 0.2) is 18.2 Å². The van der Waals surface area contributed by atoms with Crippen molar-refractivity contribution in [1.82, 2.24) is 4.90 Å². The molecule has 0 N–H and O–H groups in total. The number of rotatable bonds is 2. The SMILES string of the molecule is CC(=O)c1ccc(N2CCCN3CCCC3C2)cc1Cl. The molecule has 1 aromatic rings. The largest absolute Gasteiger partial charge is 0.370 e. The molecule has 0 radical (unpaired) electrons. The Bertz CT molecular complexity index is 517. The number of Topliss-reactive ketones (excluding diaryl/α,β-unsaturated/α-hetero) is 1. The van der Waals surface area contributed by atoms with E-state index in [0.717, 1.165) is 18.8 Å². The Morgan fingerprint density at radius 2 is 2.05 bits per heavy atom. The van der Waals surface area contributed by atoms with Crippen molar-refractivity contribution in [3.05, 3.63) is 28.8 Å². The van der Waals surface area contributed by atoms with Gasteiger partial charge < -0.3 is 4.90 Å². The molecule has 1 aromatic carbocycles. The van der Waals surface area contributed by atoms with Crippen LogP contribution in [0, 0.1) is 0 Å². The van der Waals surface area contributed by atoms with Crippen molar-refractivity contribution in [2.75, 3.05) is 31.1 Å². The lowest BCUT2D eigenvalue weighted by molar-refractivity contribution is 0.101. The van der Waals surface area contributed by atoms with E-state index in [4.69, 9.17) is 11.6 Å². The van der Waals surface area contributed by atoms with Crippen LogP contribution in [0.1, 0.15) is 36.5 Å². The molecule has 2 saturated heterocycles. The van der Waals surface area contributed by atoms with Gasteiger partial charge in [0.15, 0.2) is 5.78 Å². The minimum atomic E-state index is 0.0272. The van der Waals surface area contributed by atoms with Crippen molar-refractivity contribution in [1.29, 1.82) is 0 Å². The van der Waals surface area contributed by atoms with Gasteiger partial charge in [0.25, 0.3) is 0 Å². The number of nitrogens with zero attached hydrogens (tertiary/aromatic N) is 2. The van der Waals surface area contributed by atoms with Gasteiger partial charge in [-0.05, 0) is 50.9 Å². The summed E-state index contributed by atoms with van der Waals surface area (Å²) >= 11 is 6.24. The highest BCUT2D eigenvalue weighted by Crippen LogP contribution is 2.28. The van der Waals surface area contributed by atoms with Crippen molar-refractivity contribution >= 4 is 23.1 Å². The van der Waals surface area contributed by atoms with E-state index in [9.17, 15) is 4.79 Å². The highest BCUT2D eigenvalue weighted by Gasteiger charge is 2.28. The predicted octanol–water partition coefficient (Wildman–Crippen LogP) is 3.22. The summed E-state index contributed by atoms with van der Waals surface area (Å²) in [6, 6.07) is 6.52. The number of ketones is 1. The molecule has 1 unspecified atom stereocenters. The quantitative estimate of drug-likeness (QED) is 0.782. The van der Waals surface area contributed by atoms with Gasteiger partial charge in [0, 0.05) is 36.9 Å². The average Bonchev–Trinajstić information content (AvgIpc) is 2.75. The fraction of sp³-hybridized carbons (Fsp3) is 0.562. The Labute approximate surface area is 125 Å². The van der Waals surface area contributed by atoms with Crippen LogP contribution in [0.25, 0.3) is 0 Å². The summed E-state index contributed by atoms with van der Waals surface area (Å²) in [5, 5.41) is 0.572. The first-order valence-electron chi connectivity index (χ1n) is 7.44. The third-order valence-electron chi connectivity index (χ3n) is 4.50. The minimum absolute atomic E-state index is 0.0272. The molecule has 3 nitrogen and oxygen atoms in total. The number of benzene rings is 1. The molecule has 2 heterocycles. The third kappa shape index (κ3) is 2.70. The number of halogens is 1. The monoisotopic (exact) mass is 292 g/mol. The van der Waals surface area contributed by atoms with E-state index in [-0.39, 0.29) is 5.78 Å². The number of hydrogen-bond donors (Lipinski definition) is 0. The van der Waals surface area contributed by atoms with Gasteiger partial charge in [-0.3, -0.25) is 9.69 Å². The second-order valence-corrected chi connectivity index (χ2v) is 6.26. The maximum Gasteiger partial charge on any atom is 0.161 e. The Morgan fingerprint density at radius 3 is 2.80 bits per heavy atom. The van der Waals surface area contributed by atoms with Gasteiger partial charge in [0.1, 0.15) is 0 Å². The topological polar surface area (TPSA) is 23.6 Å². The maximum absolute atomic E-state index is 11.5. The highest BCUT2D eigenvalue weighted by molar-refractivity contribution is 6.34. The second-order valence-electron chi connectivity index (χ2n) is 5.85. The van der Waals surface area contributed by atoms with E-state index in [2.05, 4.69) is 9.80 Å². The molecule has 0 aliphatic carbocycles. The van der Waals surface area contributed by atoms with Gasteiger partial charge in [0.05, 0.1) is 5.02 Å². The molecule has 108 valence electrons. The molecule has 2 aliphatic heterocycles. The molecular weight excluding hydrogens is 272 g/mol. The average molecular weight is 293 g/mol. The van der Waals surface area contributed by atoms with E-state index in [1.54, 1.807) is 6.92 Å². The zero-order chi connectivity index (χ0) is 14.1. The van der Waals surface area contributed by atoms with Crippen molar-refractivity contribution in [3.63, 3.8) is 0 Å². The van der Waals surface area contributed by atoms with Crippen LogP contribution in [0.2, 0.25) is 5.02 Å². The standard InChI is InChI=1S/C16H21ClN2O/c1-12(20)15-6-5-13(10-16(15)17)19-9-3-8-18-7-2-4-14(18)11-19/h5-6,10,14H,2-4,7-9,11H2,1H3. The number of carbonyl (C=O) groups excluding carboxylic acids is 1. The normalized spacial score (nSPS) is 23.5. The van der Waals surface area contributed by atoms with Crippen molar-refractivity contribution in [3.8, 4) is 0 Å². The molecule has 0 amide bonds. The molecule has 20 heavy (non-hydrogen) atoms. The Balaban J connectivity index is 1.81. The number of hydrogen-bond acceptors (Lipinski definition) is 3. The van der Waals surface area contributed by atoms with Crippen molar-refractivity contribution in [2.45, 2.75) is 32.2 Å². The Hall–Kier alpha value is -1.06. The lowest BCUT2D eigenvalue weighted by Gasteiger charge is -2.27. The molecule has 2 fully saturated rings. The molecule has 4 heteroatoms. The first kappa shape index (κ1) is 13.9. The number of fused-ring (bicyclic) bond motifs is 1. The van der Waals surface area contributed by atoms with Gasteiger partial charge >= 0.3 is 0 Å². The van der Waals surface area contributed by atoms with E-state index < -0.39 is 0 Å². The van der Waals surface area contributed by atoms with Crippen LogP contribution in [0.3, 0.4) is 0 Å². The molecule has 0 aromatic heterocycles. The predicted molar refractivity (Wildman–Crippen MR) is 82.9 cm³/mol. The molecule has 0 saturated carbocycles. The summed E-state index contributed by atoms with van der Waals surface area (Å²) in [4.78, 5) is 16.5. The minimum Gasteiger partial charge on any atom is -0.370 e. The Morgan fingerprint density at radius 1 is 1.25 bits per heavy atom. The molecular formula is C16H21ClN2O. The molecule has 2 aliphatic rings. The zero-order valence-electron chi connectivity index (χ0n) is 11.9. The highest BCUT2D eigenvalue weighted by atomic mass is 35.5. The molecule has 0 spiro atoms. The van der Waals surface area contributed by atoms with Gasteiger partial charge in [-0.25, -0.2) is 0 Å². The summed E-state index contributed by atoms with van der Waals surface area (Å²) in [5.74, 6) is 0.0272. The first-order chi connectivity index (χ1) is 9.65. The van der Waals surface area contributed by atoms with Crippen LogP contribution in [-0.2, 0) is 0 Å². The van der Waals surface area contributed by atoms with Crippen LogP contribution in [0.4, 0.5) is 5.69 Å². The van der Waals surface area contributed by atoms with E-state index in [0.29, 0.717) is 16.6 Å². The van der Waals surface area contributed by atoms with Crippen LogP contribution in [-0.4, -0.2) is 42.9 Å². The summed E-state index contributed by atoms with van der Waals surface area (Å²) in [6.07, 6.45) is 3.82. The van der Waals surface area contributed by atoms with E-state index >= 15 is 0 Å². The van der Waals surface area contributed by atoms with Crippen LogP contribution < -0.4 is 4.90 Å². The smallest absolute Gasteiger partial charge is 0.161 e. The van der Waals surface area contributed by atoms with Crippen LogP contribution >= 0.6 is 11.6 Å². The second kappa shape index (κ2) is 5.74. The summed E-state index contributed by atoms with van der Waals surface area (Å²) in [7, 11) is 0. The Kier molecular flexibility index (Phi) is 3.99. The van der Waals surface area contributed by atoms with Gasteiger partial charge in [-0.2, -0.15) is 0 Å². The van der Waals surface area contributed by atoms with Crippen LogP contribution in [0.5, 0.6) is 0 Å². The van der Waals surface area contributed by atoms with Crippen molar-refractivity contribution < 1.29 is 4.79 Å². The van der Waals surface area contributed by atoms with E-state index in [1.807, 2.05) is 18.2 Å².